The minimum atomic E-state index is -1.63. The van der Waals surface area contributed by atoms with E-state index < -0.39 is 23.1 Å². The van der Waals surface area contributed by atoms with Crippen LogP contribution in [0.5, 0.6) is 0 Å². The summed E-state index contributed by atoms with van der Waals surface area (Å²) in [6.07, 6.45) is 0. The number of benzene rings is 2. The topological polar surface area (TPSA) is 49.3 Å². The summed E-state index contributed by atoms with van der Waals surface area (Å²) in [7, 11) is 0. The van der Waals surface area contributed by atoms with Crippen molar-refractivity contribution in [1.82, 2.24) is 0 Å². The molecule has 0 saturated heterocycles. The van der Waals surface area contributed by atoms with Gasteiger partial charge in [-0.25, -0.2) is 13.6 Å². The minimum absolute atomic E-state index is 0.0432. The number of carbonyl (C=O) groups is 1. The summed E-state index contributed by atoms with van der Waals surface area (Å²) >= 11 is 0. The molecule has 0 aliphatic rings. The Labute approximate surface area is 114 Å². The van der Waals surface area contributed by atoms with Crippen molar-refractivity contribution >= 4 is 11.7 Å². The lowest BCUT2D eigenvalue weighted by Gasteiger charge is -2.28. The van der Waals surface area contributed by atoms with Gasteiger partial charge >= 0.3 is 5.97 Å². The van der Waals surface area contributed by atoms with Crippen LogP contribution in [0.25, 0.3) is 0 Å². The summed E-state index contributed by atoms with van der Waals surface area (Å²) in [5.41, 5.74) is -1.39. The van der Waals surface area contributed by atoms with Crippen molar-refractivity contribution in [3.05, 3.63) is 65.7 Å². The van der Waals surface area contributed by atoms with E-state index >= 15 is 0 Å². The lowest BCUT2D eigenvalue weighted by molar-refractivity contribution is -0.142. The SMILES string of the molecule is CC(Nc1ccccc1F)(C(=O)O)c1cccc(F)c1. The molecule has 104 valence electrons. The van der Waals surface area contributed by atoms with Gasteiger partial charge in [-0.1, -0.05) is 24.3 Å². The van der Waals surface area contributed by atoms with Crippen LogP contribution in [0, 0.1) is 11.6 Å². The maximum atomic E-state index is 13.6. The van der Waals surface area contributed by atoms with E-state index in [2.05, 4.69) is 5.32 Å². The van der Waals surface area contributed by atoms with Gasteiger partial charge in [-0.3, -0.25) is 0 Å². The van der Waals surface area contributed by atoms with Gasteiger partial charge in [-0.2, -0.15) is 0 Å². The Morgan fingerprint density at radius 1 is 1.15 bits per heavy atom. The molecular formula is C15H13F2NO2. The predicted molar refractivity (Wildman–Crippen MR) is 71.4 cm³/mol. The third-order valence-corrected chi connectivity index (χ3v) is 3.09. The number of para-hydroxylation sites is 1. The Hall–Kier alpha value is -2.43. The molecular weight excluding hydrogens is 264 g/mol. The number of anilines is 1. The molecule has 20 heavy (non-hydrogen) atoms. The molecule has 0 aliphatic carbocycles. The van der Waals surface area contributed by atoms with Crippen molar-refractivity contribution in [3.8, 4) is 0 Å². The molecule has 0 aromatic heterocycles. The smallest absolute Gasteiger partial charge is 0.333 e. The van der Waals surface area contributed by atoms with E-state index in [1.807, 2.05) is 0 Å². The molecule has 0 saturated carbocycles. The molecule has 0 radical (unpaired) electrons. The summed E-state index contributed by atoms with van der Waals surface area (Å²) < 4.78 is 26.9. The molecule has 2 rings (SSSR count). The Morgan fingerprint density at radius 3 is 2.45 bits per heavy atom. The van der Waals surface area contributed by atoms with Gasteiger partial charge in [0.15, 0.2) is 5.54 Å². The van der Waals surface area contributed by atoms with E-state index in [0.29, 0.717) is 0 Å². The van der Waals surface area contributed by atoms with Gasteiger partial charge in [-0.15, -0.1) is 0 Å². The van der Waals surface area contributed by atoms with Gasteiger partial charge in [0.05, 0.1) is 5.69 Å². The summed E-state index contributed by atoms with van der Waals surface area (Å²) in [5, 5.41) is 12.0. The first-order valence-electron chi connectivity index (χ1n) is 5.95. The molecule has 1 atom stereocenters. The van der Waals surface area contributed by atoms with Crippen molar-refractivity contribution in [2.24, 2.45) is 0 Å². The molecule has 0 heterocycles. The third kappa shape index (κ3) is 2.61. The first-order chi connectivity index (χ1) is 9.43. The highest BCUT2D eigenvalue weighted by Gasteiger charge is 2.36. The number of hydrogen-bond donors (Lipinski definition) is 2. The largest absolute Gasteiger partial charge is 0.479 e. The number of nitrogens with one attached hydrogen (secondary N) is 1. The van der Waals surface area contributed by atoms with E-state index in [1.54, 1.807) is 6.07 Å². The van der Waals surface area contributed by atoms with Crippen LogP contribution >= 0.6 is 0 Å². The molecule has 2 N–H and O–H groups in total. The van der Waals surface area contributed by atoms with Crippen LogP contribution in [0.15, 0.2) is 48.5 Å². The molecule has 0 spiro atoms. The monoisotopic (exact) mass is 277 g/mol. The molecule has 0 bridgehead atoms. The van der Waals surface area contributed by atoms with Gasteiger partial charge in [0.1, 0.15) is 11.6 Å². The molecule has 5 heteroatoms. The summed E-state index contributed by atoms with van der Waals surface area (Å²) in [6.45, 7) is 1.36. The maximum absolute atomic E-state index is 13.6. The average Bonchev–Trinajstić information content (AvgIpc) is 2.41. The number of carboxylic acids is 1. The fourth-order valence-electron chi connectivity index (χ4n) is 1.88. The second kappa shape index (κ2) is 5.28. The Morgan fingerprint density at radius 2 is 1.85 bits per heavy atom. The minimum Gasteiger partial charge on any atom is -0.479 e. The first kappa shape index (κ1) is 14.0. The number of halogens is 2. The lowest BCUT2D eigenvalue weighted by Crippen LogP contribution is -2.40. The van der Waals surface area contributed by atoms with Gasteiger partial charge in [0.25, 0.3) is 0 Å². The van der Waals surface area contributed by atoms with Crippen LogP contribution in [0.4, 0.5) is 14.5 Å². The molecule has 2 aromatic carbocycles. The van der Waals surface area contributed by atoms with Gasteiger partial charge in [0.2, 0.25) is 0 Å². The highest BCUT2D eigenvalue weighted by atomic mass is 19.1. The quantitative estimate of drug-likeness (QED) is 0.900. The zero-order chi connectivity index (χ0) is 14.8. The Kier molecular flexibility index (Phi) is 3.70. The third-order valence-electron chi connectivity index (χ3n) is 3.09. The zero-order valence-electron chi connectivity index (χ0n) is 10.7. The van der Waals surface area contributed by atoms with Crippen LogP contribution in [0.3, 0.4) is 0 Å². The van der Waals surface area contributed by atoms with Crippen LogP contribution in [-0.2, 0) is 10.3 Å². The van der Waals surface area contributed by atoms with Crippen molar-refractivity contribution < 1.29 is 18.7 Å². The second-order valence-electron chi connectivity index (χ2n) is 4.55. The number of rotatable bonds is 4. The van der Waals surface area contributed by atoms with E-state index in [-0.39, 0.29) is 11.3 Å². The molecule has 2 aromatic rings. The van der Waals surface area contributed by atoms with Crippen molar-refractivity contribution in [2.45, 2.75) is 12.5 Å². The van der Waals surface area contributed by atoms with Crippen molar-refractivity contribution in [3.63, 3.8) is 0 Å². The fraction of sp³-hybridized carbons (Fsp3) is 0.133. The van der Waals surface area contributed by atoms with Crippen LogP contribution in [-0.4, -0.2) is 11.1 Å². The first-order valence-corrected chi connectivity index (χ1v) is 5.95. The highest BCUT2D eigenvalue weighted by Crippen LogP contribution is 2.28. The van der Waals surface area contributed by atoms with E-state index in [4.69, 9.17) is 0 Å². The van der Waals surface area contributed by atoms with Crippen molar-refractivity contribution in [2.75, 3.05) is 5.32 Å². The van der Waals surface area contributed by atoms with Crippen molar-refractivity contribution in [1.29, 1.82) is 0 Å². The molecule has 3 nitrogen and oxygen atoms in total. The van der Waals surface area contributed by atoms with Crippen LogP contribution in [0.2, 0.25) is 0 Å². The van der Waals surface area contributed by atoms with Gasteiger partial charge < -0.3 is 10.4 Å². The standard InChI is InChI=1S/C15H13F2NO2/c1-15(14(19)20,10-5-4-6-11(16)9-10)18-13-8-3-2-7-12(13)17/h2-9,18H,1H3,(H,19,20). The van der Waals surface area contributed by atoms with E-state index in [0.717, 1.165) is 6.07 Å². The summed E-state index contributed by atoms with van der Waals surface area (Å²) in [6, 6.07) is 10.9. The number of hydrogen-bond acceptors (Lipinski definition) is 2. The second-order valence-corrected chi connectivity index (χ2v) is 4.55. The maximum Gasteiger partial charge on any atom is 0.333 e. The molecule has 0 fully saturated rings. The Balaban J connectivity index is 2.46. The highest BCUT2D eigenvalue weighted by molar-refractivity contribution is 5.84. The fourth-order valence-corrected chi connectivity index (χ4v) is 1.88. The van der Waals surface area contributed by atoms with Gasteiger partial charge in [0, 0.05) is 0 Å². The van der Waals surface area contributed by atoms with E-state index in [1.165, 1.54) is 43.3 Å². The number of carboxylic acid groups (broad SMARTS) is 1. The lowest BCUT2D eigenvalue weighted by atomic mass is 9.91. The normalized spacial score (nSPS) is 13.6. The molecule has 1 unspecified atom stereocenters. The molecule has 0 aliphatic heterocycles. The molecule has 0 amide bonds. The summed E-state index contributed by atoms with van der Waals surface area (Å²) in [4.78, 5) is 11.5. The van der Waals surface area contributed by atoms with Gasteiger partial charge in [-0.05, 0) is 36.8 Å². The zero-order valence-corrected chi connectivity index (χ0v) is 10.7. The van der Waals surface area contributed by atoms with Crippen LogP contribution in [0.1, 0.15) is 12.5 Å². The average molecular weight is 277 g/mol. The number of aliphatic carboxylic acids is 1. The summed E-state index contributed by atoms with van der Waals surface area (Å²) in [5.74, 6) is -2.35. The van der Waals surface area contributed by atoms with E-state index in [9.17, 15) is 18.7 Å². The Bertz CT molecular complexity index is 645. The van der Waals surface area contributed by atoms with Crippen LogP contribution < -0.4 is 5.32 Å². The predicted octanol–water partition coefficient (Wildman–Crippen LogP) is 3.38.